The Balaban J connectivity index is 3.03. The van der Waals surface area contributed by atoms with Crippen molar-refractivity contribution in [3.63, 3.8) is 0 Å². The van der Waals surface area contributed by atoms with Crippen molar-refractivity contribution < 1.29 is 57.3 Å². The summed E-state index contributed by atoms with van der Waals surface area (Å²) in [7, 11) is 0. The number of rotatable bonds is 36. The van der Waals surface area contributed by atoms with E-state index in [4.69, 9.17) is 64.1 Å². The van der Waals surface area contributed by atoms with Crippen LogP contribution in [0.3, 0.4) is 0 Å². The largest absolute Gasteiger partial charge is 0.481 e. The lowest BCUT2D eigenvalue weighted by atomic mass is 10.2. The van der Waals surface area contributed by atoms with E-state index < -0.39 is 5.97 Å². The van der Waals surface area contributed by atoms with Crippen LogP contribution in [0, 0.1) is 0 Å². The highest BCUT2D eigenvalue weighted by Crippen LogP contribution is 2.01. The summed E-state index contributed by atoms with van der Waals surface area (Å²) in [5.41, 5.74) is 0. The summed E-state index contributed by atoms with van der Waals surface area (Å²) in [6, 6.07) is 0. The van der Waals surface area contributed by atoms with Gasteiger partial charge in [-0.3, -0.25) is 4.79 Å². The Kier molecular flexibility index (Phi) is 35.8. The maximum Gasteiger partial charge on any atom is 0.305 e. The average molecular weight is 605 g/mol. The average Bonchev–Trinajstić information content (AvgIpc) is 2.95. The van der Waals surface area contributed by atoms with E-state index in [0.717, 1.165) is 31.7 Å². The molecule has 0 unspecified atom stereocenters. The van der Waals surface area contributed by atoms with Crippen molar-refractivity contribution in [2.75, 3.05) is 138 Å². The fraction of sp³-hybridized carbons (Fsp3) is 0.963. The lowest BCUT2D eigenvalue weighted by Crippen LogP contribution is -2.15. The van der Waals surface area contributed by atoms with Gasteiger partial charge in [0.2, 0.25) is 0 Å². The molecule has 0 aromatic carbocycles. The molecule has 0 bridgehead atoms. The first kappa shape index (κ1) is 39.4. The van der Waals surface area contributed by atoms with E-state index in [0.29, 0.717) is 119 Å². The van der Waals surface area contributed by atoms with Crippen molar-refractivity contribution in [2.45, 2.75) is 32.1 Å². The minimum atomic E-state index is -0.872. The fourth-order valence-electron chi connectivity index (χ4n) is 2.89. The van der Waals surface area contributed by atoms with E-state index in [2.05, 4.69) is 0 Å². The van der Waals surface area contributed by atoms with Crippen LogP contribution in [0.5, 0.6) is 0 Å². The standard InChI is InChI=1S/C27H53ClO12/c28-6-3-1-2-4-7-31-9-11-33-13-15-35-17-19-37-21-23-39-25-26-40-24-22-38-20-18-36-16-14-34-12-10-32-8-5-27(29)30/h1-26H2,(H,29,30). The molecule has 0 radical (unpaired) electrons. The fourth-order valence-corrected chi connectivity index (χ4v) is 3.08. The Bertz CT molecular complexity index is 490. The first-order valence-corrected chi connectivity index (χ1v) is 14.9. The zero-order valence-electron chi connectivity index (χ0n) is 24.2. The van der Waals surface area contributed by atoms with Crippen LogP contribution in [0.25, 0.3) is 0 Å². The molecule has 12 nitrogen and oxygen atoms in total. The van der Waals surface area contributed by atoms with Crippen LogP contribution in [0.1, 0.15) is 32.1 Å². The van der Waals surface area contributed by atoms with E-state index in [-0.39, 0.29) is 13.0 Å². The van der Waals surface area contributed by atoms with Crippen molar-refractivity contribution in [1.29, 1.82) is 0 Å². The molecule has 0 heterocycles. The Morgan fingerprint density at radius 1 is 0.375 bits per heavy atom. The Morgan fingerprint density at radius 3 is 0.900 bits per heavy atom. The van der Waals surface area contributed by atoms with Crippen LogP contribution < -0.4 is 0 Å². The molecule has 0 saturated heterocycles. The molecule has 40 heavy (non-hydrogen) atoms. The summed E-state index contributed by atoms with van der Waals surface area (Å²) >= 11 is 5.64. The predicted octanol–water partition coefficient (Wildman–Crippen LogP) is 2.43. The highest BCUT2D eigenvalue weighted by Gasteiger charge is 1.98. The zero-order valence-corrected chi connectivity index (χ0v) is 25.0. The number of aliphatic carboxylic acids is 1. The van der Waals surface area contributed by atoms with Gasteiger partial charge >= 0.3 is 5.97 Å². The van der Waals surface area contributed by atoms with Crippen LogP contribution in [-0.4, -0.2) is 149 Å². The number of hydrogen-bond donors (Lipinski definition) is 1. The highest BCUT2D eigenvalue weighted by molar-refractivity contribution is 6.17. The third-order valence-electron chi connectivity index (χ3n) is 4.98. The molecule has 0 aromatic rings. The molecule has 0 rings (SSSR count). The van der Waals surface area contributed by atoms with E-state index in [9.17, 15) is 4.79 Å². The second-order valence-electron chi connectivity index (χ2n) is 8.37. The van der Waals surface area contributed by atoms with E-state index in [1.165, 1.54) is 6.42 Å². The number of carboxylic acid groups (broad SMARTS) is 1. The van der Waals surface area contributed by atoms with Crippen molar-refractivity contribution in [2.24, 2.45) is 0 Å². The third kappa shape index (κ3) is 37.4. The summed E-state index contributed by atoms with van der Waals surface area (Å²) in [4.78, 5) is 10.3. The summed E-state index contributed by atoms with van der Waals surface area (Å²) in [5, 5.41) is 8.47. The second kappa shape index (κ2) is 36.4. The van der Waals surface area contributed by atoms with Gasteiger partial charge in [0, 0.05) is 12.5 Å². The van der Waals surface area contributed by atoms with Crippen LogP contribution in [0.2, 0.25) is 0 Å². The minimum Gasteiger partial charge on any atom is -0.481 e. The minimum absolute atomic E-state index is 0.000922. The molecule has 0 atom stereocenters. The van der Waals surface area contributed by atoms with Gasteiger partial charge in [-0.1, -0.05) is 12.8 Å². The van der Waals surface area contributed by atoms with Gasteiger partial charge in [-0.15, -0.1) is 11.6 Å². The Hall–Kier alpha value is -0.640. The molecule has 0 aliphatic heterocycles. The molecule has 13 heteroatoms. The van der Waals surface area contributed by atoms with Crippen molar-refractivity contribution in [1.82, 2.24) is 0 Å². The summed E-state index contributed by atoms with van der Waals surface area (Å²) in [6.07, 6.45) is 4.49. The maximum atomic E-state index is 10.3. The van der Waals surface area contributed by atoms with E-state index in [1.807, 2.05) is 0 Å². The third-order valence-corrected chi connectivity index (χ3v) is 5.25. The number of ether oxygens (including phenoxy) is 10. The lowest BCUT2D eigenvalue weighted by molar-refractivity contribution is -0.138. The zero-order chi connectivity index (χ0) is 29.0. The number of hydrogen-bond acceptors (Lipinski definition) is 11. The molecule has 0 spiro atoms. The molecule has 0 amide bonds. The molecule has 240 valence electrons. The molecular weight excluding hydrogens is 552 g/mol. The van der Waals surface area contributed by atoms with Gasteiger partial charge in [0.15, 0.2) is 0 Å². The Labute approximate surface area is 245 Å². The van der Waals surface area contributed by atoms with Crippen molar-refractivity contribution in [3.05, 3.63) is 0 Å². The van der Waals surface area contributed by atoms with Crippen LogP contribution >= 0.6 is 11.6 Å². The molecule has 0 aliphatic carbocycles. The molecular formula is C27H53ClO12. The molecule has 1 N–H and O–H groups in total. The normalized spacial score (nSPS) is 11.4. The smallest absolute Gasteiger partial charge is 0.305 e. The van der Waals surface area contributed by atoms with Gasteiger partial charge in [-0.05, 0) is 12.8 Å². The van der Waals surface area contributed by atoms with Gasteiger partial charge in [-0.25, -0.2) is 0 Å². The van der Waals surface area contributed by atoms with Crippen LogP contribution in [0.4, 0.5) is 0 Å². The number of alkyl halides is 1. The molecule has 0 aliphatic rings. The van der Waals surface area contributed by atoms with E-state index >= 15 is 0 Å². The van der Waals surface area contributed by atoms with Crippen molar-refractivity contribution >= 4 is 17.6 Å². The lowest BCUT2D eigenvalue weighted by Gasteiger charge is -2.09. The Morgan fingerprint density at radius 2 is 0.625 bits per heavy atom. The predicted molar refractivity (Wildman–Crippen MR) is 150 cm³/mol. The highest BCUT2D eigenvalue weighted by atomic mass is 35.5. The summed E-state index contributed by atoms with van der Waals surface area (Å²) < 4.78 is 54.0. The maximum absolute atomic E-state index is 10.3. The number of unbranched alkanes of at least 4 members (excludes halogenated alkanes) is 3. The van der Waals surface area contributed by atoms with E-state index in [1.54, 1.807) is 0 Å². The monoisotopic (exact) mass is 604 g/mol. The second-order valence-corrected chi connectivity index (χ2v) is 8.75. The molecule has 0 aromatic heterocycles. The first-order chi connectivity index (χ1) is 19.8. The number of carbonyl (C=O) groups is 1. The van der Waals surface area contributed by atoms with Gasteiger partial charge < -0.3 is 52.5 Å². The van der Waals surface area contributed by atoms with Crippen molar-refractivity contribution in [3.8, 4) is 0 Å². The number of halogens is 1. The molecule has 0 fully saturated rings. The summed E-state index contributed by atoms with van der Waals surface area (Å²) in [5.74, 6) is -0.131. The van der Waals surface area contributed by atoms with Gasteiger partial charge in [0.1, 0.15) is 0 Å². The van der Waals surface area contributed by atoms with Gasteiger partial charge in [0.05, 0.1) is 132 Å². The topological polar surface area (TPSA) is 130 Å². The van der Waals surface area contributed by atoms with Gasteiger partial charge in [0.25, 0.3) is 0 Å². The quantitative estimate of drug-likeness (QED) is 0.0832. The van der Waals surface area contributed by atoms with Crippen LogP contribution in [0.15, 0.2) is 0 Å². The summed E-state index contributed by atoms with van der Waals surface area (Å²) in [6.45, 7) is 9.97. The van der Waals surface area contributed by atoms with Gasteiger partial charge in [-0.2, -0.15) is 0 Å². The molecule has 0 saturated carbocycles. The SMILES string of the molecule is O=C(O)CCOCCOCCOCCOCCOCCOCCOCCOCCOCCOCCCCCCCl. The number of carboxylic acids is 1. The first-order valence-electron chi connectivity index (χ1n) is 14.3. The van der Waals surface area contributed by atoms with Crippen LogP contribution in [-0.2, 0) is 52.2 Å².